The molecule has 0 saturated carbocycles. The van der Waals surface area contributed by atoms with Gasteiger partial charge in [0.2, 0.25) is 0 Å². The van der Waals surface area contributed by atoms with Crippen LogP contribution in [0.3, 0.4) is 0 Å². The van der Waals surface area contributed by atoms with E-state index in [-0.39, 0.29) is 5.78 Å². The molecule has 0 bridgehead atoms. The van der Waals surface area contributed by atoms with Crippen molar-refractivity contribution in [3.63, 3.8) is 0 Å². The van der Waals surface area contributed by atoms with Crippen LogP contribution in [0.5, 0.6) is 0 Å². The van der Waals surface area contributed by atoms with Crippen LogP contribution < -0.4 is 0 Å². The third-order valence-electron chi connectivity index (χ3n) is 2.48. The van der Waals surface area contributed by atoms with Crippen LogP contribution in [0, 0.1) is 19.7 Å². The highest BCUT2D eigenvalue weighted by Crippen LogP contribution is 2.29. The number of hydrogen-bond donors (Lipinski definition) is 0. The zero-order valence-corrected chi connectivity index (χ0v) is 11.7. The molecule has 0 spiro atoms. The molecule has 0 atom stereocenters. The second-order valence-corrected chi connectivity index (χ2v) is 5.24. The molecule has 1 heterocycles. The predicted molar refractivity (Wildman–Crippen MR) is 72.0 cm³/mol. The lowest BCUT2D eigenvalue weighted by molar-refractivity contribution is 0.101. The Balaban J connectivity index is 2.40. The summed E-state index contributed by atoms with van der Waals surface area (Å²) in [7, 11) is 0. The lowest BCUT2D eigenvalue weighted by Gasteiger charge is -2.07. The minimum Gasteiger partial charge on any atom is -0.294 e. The Hall–Kier alpha value is -1.75. The van der Waals surface area contributed by atoms with E-state index in [0.717, 1.165) is 11.4 Å². The number of ketones is 1. The minimum atomic E-state index is -0.420. The second kappa shape index (κ2) is 5.48. The number of carbonyl (C=O) groups is 1. The number of rotatable bonds is 3. The smallest absolute Gasteiger partial charge is 0.192 e. The molecular formula is C14H13FN2OS. The molecule has 5 heteroatoms. The molecule has 1 aromatic carbocycles. The number of halogens is 1. The van der Waals surface area contributed by atoms with E-state index < -0.39 is 5.82 Å². The molecule has 0 N–H and O–H groups in total. The van der Waals surface area contributed by atoms with Gasteiger partial charge in [-0.15, -0.1) is 0 Å². The first-order chi connectivity index (χ1) is 8.95. The van der Waals surface area contributed by atoms with Crippen molar-refractivity contribution < 1.29 is 9.18 Å². The van der Waals surface area contributed by atoms with Crippen molar-refractivity contribution in [2.45, 2.75) is 30.8 Å². The molecule has 2 rings (SSSR count). The summed E-state index contributed by atoms with van der Waals surface area (Å²) in [6.07, 6.45) is 0. The SMILES string of the molecule is CC(=O)c1cc(F)ccc1Sc1nc(C)cc(C)n1. The molecule has 0 radical (unpaired) electrons. The lowest BCUT2D eigenvalue weighted by atomic mass is 10.1. The van der Waals surface area contributed by atoms with Gasteiger partial charge >= 0.3 is 0 Å². The maximum absolute atomic E-state index is 13.2. The van der Waals surface area contributed by atoms with E-state index in [1.54, 1.807) is 6.07 Å². The van der Waals surface area contributed by atoms with Crippen molar-refractivity contribution in [1.29, 1.82) is 0 Å². The van der Waals surface area contributed by atoms with E-state index >= 15 is 0 Å². The van der Waals surface area contributed by atoms with E-state index in [2.05, 4.69) is 9.97 Å². The topological polar surface area (TPSA) is 42.9 Å². The molecule has 0 saturated heterocycles. The van der Waals surface area contributed by atoms with E-state index in [0.29, 0.717) is 15.6 Å². The summed E-state index contributed by atoms with van der Waals surface area (Å²) >= 11 is 1.27. The number of carbonyl (C=O) groups excluding carboxylic acids is 1. The van der Waals surface area contributed by atoms with Gasteiger partial charge in [0.25, 0.3) is 0 Å². The largest absolute Gasteiger partial charge is 0.294 e. The highest BCUT2D eigenvalue weighted by molar-refractivity contribution is 7.99. The van der Waals surface area contributed by atoms with E-state index in [9.17, 15) is 9.18 Å². The van der Waals surface area contributed by atoms with Crippen molar-refractivity contribution in [2.75, 3.05) is 0 Å². The van der Waals surface area contributed by atoms with Gasteiger partial charge in [-0.05, 0) is 56.8 Å². The van der Waals surface area contributed by atoms with Crippen LogP contribution in [0.1, 0.15) is 28.7 Å². The highest BCUT2D eigenvalue weighted by atomic mass is 32.2. The Morgan fingerprint density at radius 2 is 1.79 bits per heavy atom. The van der Waals surface area contributed by atoms with Crippen LogP contribution in [0.25, 0.3) is 0 Å². The molecular weight excluding hydrogens is 263 g/mol. The molecule has 1 aromatic heterocycles. The third-order valence-corrected chi connectivity index (χ3v) is 3.42. The van der Waals surface area contributed by atoms with Gasteiger partial charge in [0.1, 0.15) is 5.82 Å². The molecule has 0 fully saturated rings. The Morgan fingerprint density at radius 1 is 1.16 bits per heavy atom. The first kappa shape index (κ1) is 13.7. The Kier molecular flexibility index (Phi) is 3.95. The molecule has 0 amide bonds. The molecule has 2 aromatic rings. The fourth-order valence-corrected chi connectivity index (χ4v) is 2.73. The van der Waals surface area contributed by atoms with Crippen LogP contribution in [0.15, 0.2) is 34.3 Å². The lowest BCUT2D eigenvalue weighted by Crippen LogP contribution is -1.98. The molecule has 3 nitrogen and oxygen atoms in total. The standard InChI is InChI=1S/C14H13FN2OS/c1-8-6-9(2)17-14(16-8)19-13-5-4-11(15)7-12(13)10(3)18/h4-7H,1-3H3. The van der Waals surface area contributed by atoms with Crippen LogP contribution in [0.4, 0.5) is 4.39 Å². The van der Waals surface area contributed by atoms with E-state index in [1.165, 1.54) is 30.8 Å². The predicted octanol–water partition coefficient (Wildman–Crippen LogP) is 3.59. The molecule has 0 aliphatic carbocycles. The van der Waals surface area contributed by atoms with Gasteiger partial charge in [-0.25, -0.2) is 14.4 Å². The summed E-state index contributed by atoms with van der Waals surface area (Å²) in [6, 6.07) is 6.03. The van der Waals surface area contributed by atoms with E-state index in [4.69, 9.17) is 0 Å². The number of Topliss-reactive ketones (excluding diaryl/α,β-unsaturated/α-hetero) is 1. The summed E-state index contributed by atoms with van der Waals surface area (Å²) in [6.45, 7) is 5.19. The van der Waals surface area contributed by atoms with Crippen LogP contribution in [-0.4, -0.2) is 15.8 Å². The molecule has 0 unspecified atom stereocenters. The zero-order chi connectivity index (χ0) is 14.0. The van der Waals surface area contributed by atoms with Crippen molar-refractivity contribution in [2.24, 2.45) is 0 Å². The fraction of sp³-hybridized carbons (Fsp3) is 0.214. The van der Waals surface area contributed by atoms with Gasteiger partial charge in [-0.2, -0.15) is 0 Å². The van der Waals surface area contributed by atoms with Crippen LogP contribution in [-0.2, 0) is 0 Å². The van der Waals surface area contributed by atoms with E-state index in [1.807, 2.05) is 19.9 Å². The van der Waals surface area contributed by atoms with Gasteiger partial charge in [0.15, 0.2) is 10.9 Å². The monoisotopic (exact) mass is 276 g/mol. The zero-order valence-electron chi connectivity index (χ0n) is 10.9. The van der Waals surface area contributed by atoms with Gasteiger partial charge < -0.3 is 0 Å². The van der Waals surface area contributed by atoms with Gasteiger partial charge in [0.05, 0.1) is 0 Å². The summed E-state index contributed by atoms with van der Waals surface area (Å²) in [5, 5.41) is 0.562. The second-order valence-electron chi connectivity index (χ2n) is 4.23. The summed E-state index contributed by atoms with van der Waals surface area (Å²) in [5.41, 5.74) is 2.08. The number of benzene rings is 1. The van der Waals surface area contributed by atoms with Gasteiger partial charge in [-0.3, -0.25) is 4.79 Å². The normalized spacial score (nSPS) is 10.5. The molecule has 19 heavy (non-hydrogen) atoms. The van der Waals surface area contributed by atoms with Crippen molar-refractivity contribution >= 4 is 17.5 Å². The maximum atomic E-state index is 13.2. The summed E-state index contributed by atoms with van der Waals surface area (Å²) < 4.78 is 13.2. The van der Waals surface area contributed by atoms with Gasteiger partial charge in [-0.1, -0.05) is 0 Å². The highest BCUT2D eigenvalue weighted by Gasteiger charge is 2.12. The average molecular weight is 276 g/mol. The summed E-state index contributed by atoms with van der Waals surface area (Å²) in [4.78, 5) is 20.8. The van der Waals surface area contributed by atoms with Crippen molar-refractivity contribution in [3.05, 3.63) is 47.0 Å². The summed E-state index contributed by atoms with van der Waals surface area (Å²) in [5.74, 6) is -0.595. The molecule has 0 aliphatic rings. The average Bonchev–Trinajstić information content (AvgIpc) is 2.30. The Labute approximate surface area is 115 Å². The Morgan fingerprint density at radius 3 is 2.37 bits per heavy atom. The first-order valence-electron chi connectivity index (χ1n) is 5.76. The van der Waals surface area contributed by atoms with Crippen LogP contribution >= 0.6 is 11.8 Å². The minimum absolute atomic E-state index is 0.175. The first-order valence-corrected chi connectivity index (χ1v) is 6.58. The number of aryl methyl sites for hydroxylation is 2. The van der Waals surface area contributed by atoms with Crippen molar-refractivity contribution in [3.8, 4) is 0 Å². The van der Waals surface area contributed by atoms with Gasteiger partial charge in [0, 0.05) is 21.8 Å². The third kappa shape index (κ3) is 3.38. The van der Waals surface area contributed by atoms with Crippen molar-refractivity contribution in [1.82, 2.24) is 9.97 Å². The van der Waals surface area contributed by atoms with Crippen LogP contribution in [0.2, 0.25) is 0 Å². The molecule has 0 aliphatic heterocycles. The molecule has 98 valence electrons. The maximum Gasteiger partial charge on any atom is 0.192 e. The number of aromatic nitrogens is 2. The Bertz CT molecular complexity index is 623. The number of nitrogens with zero attached hydrogens (tertiary/aromatic N) is 2. The fourth-order valence-electron chi connectivity index (χ4n) is 1.70. The quantitative estimate of drug-likeness (QED) is 0.634. The number of hydrogen-bond acceptors (Lipinski definition) is 4.